The third-order valence-corrected chi connectivity index (χ3v) is 4.52. The monoisotopic (exact) mass is 304 g/mol. The fourth-order valence-corrected chi connectivity index (χ4v) is 2.84. The van der Waals surface area contributed by atoms with Crippen LogP contribution in [0.4, 0.5) is 11.5 Å². The molecule has 2 heterocycles. The van der Waals surface area contributed by atoms with Crippen LogP contribution in [0.1, 0.15) is 33.6 Å². The van der Waals surface area contributed by atoms with Gasteiger partial charge in [0.1, 0.15) is 5.82 Å². The zero-order chi connectivity index (χ0) is 15.9. The molecule has 0 aliphatic carbocycles. The van der Waals surface area contributed by atoms with E-state index in [1.165, 1.54) is 0 Å². The zero-order valence-electron chi connectivity index (χ0n) is 14.0. The van der Waals surface area contributed by atoms with Gasteiger partial charge >= 0.3 is 0 Å². The molecule has 1 fully saturated rings. The lowest BCUT2D eigenvalue weighted by atomic mass is 10.0. The van der Waals surface area contributed by atoms with Gasteiger partial charge in [0.05, 0.1) is 11.9 Å². The van der Waals surface area contributed by atoms with Crippen LogP contribution in [-0.2, 0) is 4.79 Å². The van der Waals surface area contributed by atoms with Gasteiger partial charge in [-0.1, -0.05) is 20.8 Å². The molecule has 1 aliphatic rings. The SMILES string of the molecule is CCC(CC)C(=O)Nc1ccc(N2CCN(CC)CC2)nc1. The van der Waals surface area contributed by atoms with Crippen molar-refractivity contribution in [1.82, 2.24) is 9.88 Å². The maximum atomic E-state index is 12.1. The Morgan fingerprint density at radius 2 is 1.86 bits per heavy atom. The van der Waals surface area contributed by atoms with Gasteiger partial charge in [0.25, 0.3) is 0 Å². The Labute approximate surface area is 133 Å². The third-order valence-electron chi connectivity index (χ3n) is 4.52. The van der Waals surface area contributed by atoms with Gasteiger partial charge in [0.2, 0.25) is 5.91 Å². The minimum Gasteiger partial charge on any atom is -0.354 e. The predicted octanol–water partition coefficient (Wildman–Crippen LogP) is 2.60. The zero-order valence-corrected chi connectivity index (χ0v) is 14.0. The average Bonchev–Trinajstić information content (AvgIpc) is 2.57. The summed E-state index contributed by atoms with van der Waals surface area (Å²) < 4.78 is 0. The first-order chi connectivity index (χ1) is 10.7. The minimum atomic E-state index is 0.0850. The molecule has 0 atom stereocenters. The first-order valence-electron chi connectivity index (χ1n) is 8.42. The van der Waals surface area contributed by atoms with Crippen LogP contribution in [0.15, 0.2) is 18.3 Å². The van der Waals surface area contributed by atoms with E-state index in [1.807, 2.05) is 26.0 Å². The number of hydrogen-bond donors (Lipinski definition) is 1. The van der Waals surface area contributed by atoms with Gasteiger partial charge in [-0.05, 0) is 31.5 Å². The molecular formula is C17H28N4O. The summed E-state index contributed by atoms with van der Waals surface area (Å²) in [4.78, 5) is 21.3. The molecule has 1 N–H and O–H groups in total. The van der Waals surface area contributed by atoms with Crippen molar-refractivity contribution in [2.24, 2.45) is 5.92 Å². The van der Waals surface area contributed by atoms with Gasteiger partial charge < -0.3 is 15.1 Å². The third kappa shape index (κ3) is 4.19. The molecule has 1 aromatic heterocycles. The number of carbonyl (C=O) groups excluding carboxylic acids is 1. The van der Waals surface area contributed by atoms with Gasteiger partial charge in [-0.2, -0.15) is 0 Å². The van der Waals surface area contributed by atoms with Crippen molar-refractivity contribution in [1.29, 1.82) is 0 Å². The van der Waals surface area contributed by atoms with E-state index in [0.29, 0.717) is 0 Å². The molecule has 0 spiro atoms. The summed E-state index contributed by atoms with van der Waals surface area (Å²) in [6.07, 6.45) is 3.51. The summed E-state index contributed by atoms with van der Waals surface area (Å²) in [7, 11) is 0. The smallest absolute Gasteiger partial charge is 0.227 e. The molecule has 2 rings (SSSR count). The van der Waals surface area contributed by atoms with E-state index in [0.717, 1.165) is 57.1 Å². The van der Waals surface area contributed by atoms with Gasteiger partial charge in [-0.3, -0.25) is 4.79 Å². The van der Waals surface area contributed by atoms with E-state index < -0.39 is 0 Å². The fraction of sp³-hybridized carbons (Fsp3) is 0.647. The Kier molecular flexibility index (Phi) is 6.19. The molecule has 0 unspecified atom stereocenters. The van der Waals surface area contributed by atoms with Crippen molar-refractivity contribution in [3.8, 4) is 0 Å². The topological polar surface area (TPSA) is 48.5 Å². The molecule has 0 aromatic carbocycles. The maximum absolute atomic E-state index is 12.1. The molecule has 1 aromatic rings. The number of aromatic nitrogens is 1. The van der Waals surface area contributed by atoms with E-state index in [4.69, 9.17) is 0 Å². The number of nitrogens with one attached hydrogen (secondary N) is 1. The second kappa shape index (κ2) is 8.13. The lowest BCUT2D eigenvalue weighted by Gasteiger charge is -2.34. The average molecular weight is 304 g/mol. The highest BCUT2D eigenvalue weighted by atomic mass is 16.1. The van der Waals surface area contributed by atoms with Crippen LogP contribution in [0.25, 0.3) is 0 Å². The largest absolute Gasteiger partial charge is 0.354 e. The predicted molar refractivity (Wildman–Crippen MR) is 91.3 cm³/mol. The van der Waals surface area contributed by atoms with Crippen molar-refractivity contribution in [3.05, 3.63) is 18.3 Å². The number of piperazine rings is 1. The van der Waals surface area contributed by atoms with E-state index in [9.17, 15) is 4.79 Å². The number of amides is 1. The second-order valence-electron chi connectivity index (χ2n) is 5.83. The lowest BCUT2D eigenvalue weighted by molar-refractivity contribution is -0.120. The van der Waals surface area contributed by atoms with Gasteiger partial charge in [-0.25, -0.2) is 4.98 Å². The van der Waals surface area contributed by atoms with Gasteiger partial charge in [-0.15, -0.1) is 0 Å². The summed E-state index contributed by atoms with van der Waals surface area (Å²) in [6, 6.07) is 3.96. The van der Waals surface area contributed by atoms with E-state index in [1.54, 1.807) is 6.20 Å². The van der Waals surface area contributed by atoms with Crippen molar-refractivity contribution in [2.45, 2.75) is 33.6 Å². The van der Waals surface area contributed by atoms with Crippen molar-refractivity contribution in [2.75, 3.05) is 42.9 Å². The standard InChI is InChI=1S/C17H28N4O/c1-4-14(5-2)17(22)19-15-7-8-16(18-13-15)21-11-9-20(6-3)10-12-21/h7-8,13-14H,4-6,9-12H2,1-3H3,(H,19,22). The Morgan fingerprint density at radius 1 is 1.18 bits per heavy atom. The summed E-state index contributed by atoms with van der Waals surface area (Å²) in [5.41, 5.74) is 0.785. The molecule has 0 saturated carbocycles. The summed E-state index contributed by atoms with van der Waals surface area (Å²) in [5, 5.41) is 2.96. The van der Waals surface area contributed by atoms with Crippen molar-refractivity contribution >= 4 is 17.4 Å². The number of pyridine rings is 1. The van der Waals surface area contributed by atoms with Gasteiger partial charge in [0, 0.05) is 32.1 Å². The molecule has 5 heteroatoms. The quantitative estimate of drug-likeness (QED) is 0.877. The van der Waals surface area contributed by atoms with Crippen molar-refractivity contribution < 1.29 is 4.79 Å². The van der Waals surface area contributed by atoms with Crippen LogP contribution in [0.3, 0.4) is 0 Å². The van der Waals surface area contributed by atoms with Crippen LogP contribution in [0, 0.1) is 5.92 Å². The molecule has 1 amide bonds. The van der Waals surface area contributed by atoms with Crippen molar-refractivity contribution in [3.63, 3.8) is 0 Å². The van der Waals surface area contributed by atoms with Gasteiger partial charge in [0.15, 0.2) is 0 Å². The number of carbonyl (C=O) groups is 1. The van der Waals surface area contributed by atoms with Crippen LogP contribution in [0.2, 0.25) is 0 Å². The van der Waals surface area contributed by atoms with Crippen LogP contribution in [0.5, 0.6) is 0 Å². The highest BCUT2D eigenvalue weighted by molar-refractivity contribution is 5.92. The van der Waals surface area contributed by atoms with Crippen LogP contribution in [-0.4, -0.2) is 48.5 Å². The second-order valence-corrected chi connectivity index (χ2v) is 5.83. The van der Waals surface area contributed by atoms with E-state index in [2.05, 4.69) is 27.0 Å². The number of nitrogens with zero attached hydrogens (tertiary/aromatic N) is 3. The summed E-state index contributed by atoms with van der Waals surface area (Å²) in [5.74, 6) is 1.18. The number of hydrogen-bond acceptors (Lipinski definition) is 4. The molecule has 5 nitrogen and oxygen atoms in total. The Morgan fingerprint density at radius 3 is 2.36 bits per heavy atom. The Balaban J connectivity index is 1.92. The molecule has 0 bridgehead atoms. The van der Waals surface area contributed by atoms with E-state index >= 15 is 0 Å². The Hall–Kier alpha value is -1.62. The lowest BCUT2D eigenvalue weighted by Crippen LogP contribution is -2.46. The highest BCUT2D eigenvalue weighted by Gasteiger charge is 2.17. The normalized spacial score (nSPS) is 16.1. The number of anilines is 2. The van der Waals surface area contributed by atoms with Crippen LogP contribution >= 0.6 is 0 Å². The first kappa shape index (κ1) is 16.7. The summed E-state index contributed by atoms with van der Waals surface area (Å²) >= 11 is 0. The van der Waals surface area contributed by atoms with Crippen LogP contribution < -0.4 is 10.2 Å². The number of rotatable bonds is 6. The minimum absolute atomic E-state index is 0.0850. The molecule has 1 aliphatic heterocycles. The first-order valence-corrected chi connectivity index (χ1v) is 8.42. The molecule has 122 valence electrons. The maximum Gasteiger partial charge on any atom is 0.227 e. The number of likely N-dealkylation sites (N-methyl/N-ethyl adjacent to an activating group) is 1. The highest BCUT2D eigenvalue weighted by Crippen LogP contribution is 2.17. The molecule has 0 radical (unpaired) electrons. The molecule has 1 saturated heterocycles. The summed E-state index contributed by atoms with van der Waals surface area (Å²) in [6.45, 7) is 11.6. The molecule has 22 heavy (non-hydrogen) atoms. The fourth-order valence-electron chi connectivity index (χ4n) is 2.84. The Bertz CT molecular complexity index is 462. The van der Waals surface area contributed by atoms with E-state index in [-0.39, 0.29) is 11.8 Å². The molecular weight excluding hydrogens is 276 g/mol.